The number of nitrogens with one attached hydrogen (secondary N) is 2. The van der Waals surface area contributed by atoms with Crippen LogP contribution < -0.4 is 11.1 Å². The van der Waals surface area contributed by atoms with Crippen molar-refractivity contribution in [2.75, 3.05) is 46.4 Å². The second-order valence-electron chi connectivity index (χ2n) is 17.0. The number of benzene rings is 5. The summed E-state index contributed by atoms with van der Waals surface area (Å²) in [5.74, 6) is 10.4. The number of fused-ring (bicyclic) bond motifs is 2. The molecule has 0 aliphatic carbocycles. The van der Waals surface area contributed by atoms with E-state index in [1.807, 2.05) is 36.4 Å². The molecule has 10 rings (SSSR count). The lowest BCUT2D eigenvalue weighted by Crippen LogP contribution is -2.40. The predicted molar refractivity (Wildman–Crippen MR) is 288 cm³/mol. The molecule has 0 aromatic heterocycles. The van der Waals surface area contributed by atoms with Crippen molar-refractivity contribution in [1.29, 1.82) is 5.41 Å². The molecule has 12 heteroatoms. The summed E-state index contributed by atoms with van der Waals surface area (Å²) in [5, 5.41) is 17.6. The lowest BCUT2D eigenvalue weighted by atomic mass is 10.0. The van der Waals surface area contributed by atoms with E-state index in [0.717, 1.165) is 64.8 Å². The molecule has 5 aliphatic rings. The van der Waals surface area contributed by atoms with E-state index in [0.29, 0.717) is 29.4 Å². The average Bonchev–Trinajstić information content (AvgIpc) is 4.04. The molecule has 0 spiro atoms. The van der Waals surface area contributed by atoms with Crippen molar-refractivity contribution in [3.63, 3.8) is 0 Å². The van der Waals surface area contributed by atoms with Crippen molar-refractivity contribution in [2.24, 2.45) is 15.7 Å². The Morgan fingerprint density at radius 1 is 0.652 bits per heavy atom. The van der Waals surface area contributed by atoms with Gasteiger partial charge in [0, 0.05) is 75.3 Å². The van der Waals surface area contributed by atoms with Crippen LogP contribution in [0, 0.1) is 41.2 Å². The molecule has 8 nitrogen and oxygen atoms in total. The highest BCUT2D eigenvalue weighted by Gasteiger charge is 2.31. The van der Waals surface area contributed by atoms with Crippen LogP contribution in [0.1, 0.15) is 98.1 Å². The number of aliphatic hydroxyl groups is 1. The summed E-state index contributed by atoms with van der Waals surface area (Å²) < 4.78 is 27.2. The SMILES string of the molecule is Brc1ccc(C2=NCC3CCCCN23)cc1.C#Cc1ccc(F)cc1.CC(=N)c1ccc(Br)cc1.CO.Fc1ccc(C#Cc2ccc(C3=NCC4CCCCN34)cc2)cc1.NCC1CCCCN1. The van der Waals surface area contributed by atoms with Crippen LogP contribution >= 0.6 is 31.9 Å². The van der Waals surface area contributed by atoms with Gasteiger partial charge in [-0.1, -0.05) is 92.4 Å². The Kier molecular flexibility index (Phi) is 23.3. The third kappa shape index (κ3) is 17.8. The molecule has 0 saturated carbocycles. The van der Waals surface area contributed by atoms with Gasteiger partial charge in [0.2, 0.25) is 0 Å². The molecule has 3 unspecified atom stereocenters. The van der Waals surface area contributed by atoms with Gasteiger partial charge < -0.3 is 31.4 Å². The number of nitrogens with two attached hydrogens (primary N) is 1. The highest BCUT2D eigenvalue weighted by Crippen LogP contribution is 2.27. The fraction of sp³-hybridized carbons (Fsp3) is 0.351. The van der Waals surface area contributed by atoms with E-state index in [1.165, 1.54) is 112 Å². The predicted octanol–water partition coefficient (Wildman–Crippen LogP) is 11.2. The number of nitrogens with zero attached hydrogens (tertiary/aromatic N) is 4. The van der Waals surface area contributed by atoms with Gasteiger partial charge in [0.25, 0.3) is 0 Å². The zero-order chi connectivity index (χ0) is 49.4. The van der Waals surface area contributed by atoms with E-state index in [1.54, 1.807) is 31.2 Å². The van der Waals surface area contributed by atoms with E-state index < -0.39 is 0 Å². The first-order chi connectivity index (χ1) is 33.6. The van der Waals surface area contributed by atoms with Gasteiger partial charge in [-0.2, -0.15) is 0 Å². The molecule has 0 amide bonds. The zero-order valence-corrected chi connectivity index (χ0v) is 43.0. The van der Waals surface area contributed by atoms with Gasteiger partial charge in [-0.05, 0) is 155 Å². The van der Waals surface area contributed by atoms with Crippen molar-refractivity contribution in [2.45, 2.75) is 82.8 Å². The summed E-state index contributed by atoms with van der Waals surface area (Å²) in [7, 11) is 1.00. The molecule has 5 aromatic carbocycles. The molecule has 3 atom stereocenters. The van der Waals surface area contributed by atoms with Gasteiger partial charge in [0.1, 0.15) is 23.3 Å². The van der Waals surface area contributed by atoms with Gasteiger partial charge in [0.15, 0.2) is 0 Å². The minimum Gasteiger partial charge on any atom is -0.400 e. The van der Waals surface area contributed by atoms with Crippen LogP contribution in [-0.4, -0.2) is 96.8 Å². The van der Waals surface area contributed by atoms with Gasteiger partial charge in [-0.25, -0.2) is 8.78 Å². The van der Waals surface area contributed by atoms with Crippen molar-refractivity contribution >= 4 is 49.2 Å². The van der Waals surface area contributed by atoms with Crippen LogP contribution in [-0.2, 0) is 0 Å². The Bertz CT molecular complexity index is 2490. The van der Waals surface area contributed by atoms with E-state index in [4.69, 9.17) is 32.7 Å². The second-order valence-corrected chi connectivity index (χ2v) is 18.9. The number of rotatable bonds is 4. The summed E-state index contributed by atoms with van der Waals surface area (Å²) in [6.07, 6.45) is 16.8. The second kappa shape index (κ2) is 29.5. The number of terminal acetylenes is 1. The Hall–Kier alpha value is -5.47. The molecule has 5 N–H and O–H groups in total. The van der Waals surface area contributed by atoms with Crippen LogP contribution in [0.2, 0.25) is 0 Å². The Balaban J connectivity index is 0.000000171. The first-order valence-corrected chi connectivity index (χ1v) is 25.4. The standard InChI is InChI=1S/C21H19FN2.C13H15BrN2.C8H8BrN.C8H5F.C6H14N2.CH4O/c22-19-12-8-17(9-13-19)5-4-16-6-10-18(11-7-16)21-23-15-20-3-1-2-14-24(20)21;14-11-6-4-10(5-7-11)13-15-9-12-3-1-2-8-16(12)13;1-6(10)7-2-4-8(9)5-3-7;1-2-7-3-5-8(9)6-4-7;7-5-6-3-1-2-4-8-6;1-2/h6-13,20H,1-3,14-15H2;4-7,12H,1-3,8-9H2;2-5,10H,1H3;1,3-6H;6,8H,1-5,7H2;2H,1H3. The molecule has 69 heavy (non-hydrogen) atoms. The van der Waals surface area contributed by atoms with Gasteiger partial charge in [-0.15, -0.1) is 6.42 Å². The number of amidine groups is 2. The summed E-state index contributed by atoms with van der Waals surface area (Å²) in [6, 6.07) is 38.4. The monoisotopic (exact) mass is 1060 g/mol. The lowest BCUT2D eigenvalue weighted by molar-refractivity contribution is 0.269. The minimum absolute atomic E-state index is 0.238. The highest BCUT2D eigenvalue weighted by molar-refractivity contribution is 9.10. The zero-order valence-electron chi connectivity index (χ0n) is 39.8. The maximum absolute atomic E-state index is 12.9. The van der Waals surface area contributed by atoms with Crippen molar-refractivity contribution in [3.05, 3.63) is 175 Å². The number of hydrogen-bond donors (Lipinski definition) is 4. The molecule has 5 aromatic rings. The van der Waals surface area contributed by atoms with E-state index in [2.05, 4.69) is 101 Å². The molecule has 3 saturated heterocycles. The van der Waals surface area contributed by atoms with Crippen molar-refractivity contribution in [3.8, 4) is 24.2 Å². The third-order valence-corrected chi connectivity index (χ3v) is 13.2. The van der Waals surface area contributed by atoms with Crippen molar-refractivity contribution in [1.82, 2.24) is 15.1 Å². The van der Waals surface area contributed by atoms with Crippen LogP contribution in [0.3, 0.4) is 0 Å². The Labute approximate surface area is 425 Å². The first-order valence-electron chi connectivity index (χ1n) is 23.8. The average molecular weight is 1060 g/mol. The highest BCUT2D eigenvalue weighted by atomic mass is 79.9. The quantitative estimate of drug-likeness (QED) is 0.106. The normalized spacial score (nSPS) is 18.4. The van der Waals surface area contributed by atoms with Crippen LogP contribution in [0.4, 0.5) is 8.78 Å². The summed E-state index contributed by atoms with van der Waals surface area (Å²) in [6.45, 7) is 7.98. The molecule has 5 heterocycles. The molecular weight excluding hydrogens is 996 g/mol. The maximum atomic E-state index is 12.9. The van der Waals surface area contributed by atoms with E-state index in [-0.39, 0.29) is 11.6 Å². The number of aliphatic imine (C=N–C) groups is 2. The molecule has 362 valence electrons. The number of halogens is 4. The number of aliphatic hydroxyl groups excluding tert-OH is 1. The van der Waals surface area contributed by atoms with E-state index in [9.17, 15) is 8.78 Å². The maximum Gasteiger partial charge on any atom is 0.131 e. The van der Waals surface area contributed by atoms with Crippen LogP contribution in [0.5, 0.6) is 0 Å². The smallest absolute Gasteiger partial charge is 0.131 e. The van der Waals surface area contributed by atoms with Crippen LogP contribution in [0.15, 0.2) is 140 Å². The first kappa shape index (κ1) is 54.5. The van der Waals surface area contributed by atoms with E-state index >= 15 is 0 Å². The minimum atomic E-state index is -0.256. The van der Waals surface area contributed by atoms with Gasteiger partial charge in [-0.3, -0.25) is 9.98 Å². The Morgan fingerprint density at radius 3 is 1.48 bits per heavy atom. The summed E-state index contributed by atoms with van der Waals surface area (Å²) in [4.78, 5) is 14.4. The molecule has 3 fully saturated rings. The van der Waals surface area contributed by atoms with Gasteiger partial charge in [0.05, 0.1) is 25.2 Å². The molecule has 0 bridgehead atoms. The molecular formula is C57H65Br2F2N7O. The van der Waals surface area contributed by atoms with Crippen LogP contribution in [0.25, 0.3) is 0 Å². The third-order valence-electron chi connectivity index (χ3n) is 12.1. The van der Waals surface area contributed by atoms with Crippen molar-refractivity contribution < 1.29 is 13.9 Å². The summed E-state index contributed by atoms with van der Waals surface area (Å²) in [5.41, 5.74) is 11.9. The Morgan fingerprint density at radius 2 is 1.07 bits per heavy atom. The fourth-order valence-electron chi connectivity index (χ4n) is 8.37. The number of piperidine rings is 3. The molecule has 5 aliphatic heterocycles. The fourth-order valence-corrected chi connectivity index (χ4v) is 8.90. The number of hydrogen-bond acceptors (Lipinski definition) is 8. The lowest BCUT2D eigenvalue weighted by Gasteiger charge is -2.32. The van der Waals surface area contributed by atoms with Gasteiger partial charge >= 0.3 is 0 Å². The topological polar surface area (TPSA) is 113 Å². The molecule has 0 radical (unpaired) electrons. The largest absolute Gasteiger partial charge is 0.400 e. The summed E-state index contributed by atoms with van der Waals surface area (Å²) >= 11 is 6.79.